The lowest BCUT2D eigenvalue weighted by Gasteiger charge is -2.22. The molecule has 2 aromatic heterocycles. The van der Waals surface area contributed by atoms with Crippen molar-refractivity contribution in [2.24, 2.45) is 5.73 Å². The van der Waals surface area contributed by atoms with Gasteiger partial charge in [-0.1, -0.05) is 11.6 Å². The maximum atomic E-state index is 14.3. The molecule has 1 atom stereocenters. The summed E-state index contributed by atoms with van der Waals surface area (Å²) in [6, 6.07) is 8.16. The number of nitrogens with zero attached hydrogens (tertiary/aromatic N) is 3. The maximum absolute atomic E-state index is 14.3. The van der Waals surface area contributed by atoms with E-state index in [9.17, 15) is 27.6 Å². The fraction of sp³-hybridized carbons (Fsp3) is 0.214. The van der Waals surface area contributed by atoms with Gasteiger partial charge in [0.15, 0.2) is 0 Å². The summed E-state index contributed by atoms with van der Waals surface area (Å²) < 4.78 is 53.9. The van der Waals surface area contributed by atoms with E-state index in [0.29, 0.717) is 16.3 Å². The Kier molecular flexibility index (Phi) is 9.33. The van der Waals surface area contributed by atoms with Crippen LogP contribution in [0.3, 0.4) is 0 Å². The average molecular weight is 604 g/mol. The number of halogens is 4. The average Bonchev–Trinajstić information content (AvgIpc) is 3.44. The number of alkyl halides is 2. The molecule has 0 aliphatic heterocycles. The molecule has 4 aromatic rings. The Morgan fingerprint density at radius 2 is 1.86 bits per heavy atom. The number of amides is 2. The molecule has 4 rings (SSSR count). The number of rotatable bonds is 11. The number of hydrogen-bond acceptors (Lipinski definition) is 6. The van der Waals surface area contributed by atoms with Crippen LogP contribution >= 0.6 is 11.6 Å². The normalized spacial score (nSPS) is 11.9. The van der Waals surface area contributed by atoms with Gasteiger partial charge in [-0.15, -0.1) is 0 Å². The summed E-state index contributed by atoms with van der Waals surface area (Å²) in [7, 11) is 2.78. The van der Waals surface area contributed by atoms with E-state index < -0.39 is 41.4 Å². The lowest BCUT2D eigenvalue weighted by Crippen LogP contribution is -2.34. The van der Waals surface area contributed by atoms with Gasteiger partial charge in [-0.2, -0.15) is 0 Å². The van der Waals surface area contributed by atoms with Crippen molar-refractivity contribution in [1.82, 2.24) is 14.1 Å². The number of carbonyl (C=O) groups excluding carboxylic acids is 2. The lowest BCUT2D eigenvalue weighted by atomic mass is 10.0. The number of carbonyl (C=O) groups is 2. The van der Waals surface area contributed by atoms with Gasteiger partial charge in [0, 0.05) is 54.2 Å². The van der Waals surface area contributed by atoms with E-state index in [4.69, 9.17) is 26.8 Å². The number of anilines is 1. The van der Waals surface area contributed by atoms with Crippen LogP contribution in [0, 0.1) is 5.82 Å². The van der Waals surface area contributed by atoms with Gasteiger partial charge in [-0.25, -0.2) is 18.2 Å². The van der Waals surface area contributed by atoms with Gasteiger partial charge in [0.2, 0.25) is 5.91 Å². The number of nitrogens with one attached hydrogen (secondary N) is 1. The highest BCUT2D eigenvalue weighted by Gasteiger charge is 2.25. The summed E-state index contributed by atoms with van der Waals surface area (Å²) in [5, 5.41) is 2.85. The van der Waals surface area contributed by atoms with E-state index in [1.807, 2.05) is 0 Å². The van der Waals surface area contributed by atoms with Crippen molar-refractivity contribution in [1.29, 1.82) is 0 Å². The van der Waals surface area contributed by atoms with Crippen LogP contribution in [0.15, 0.2) is 66.0 Å². The van der Waals surface area contributed by atoms with Crippen LogP contribution in [0.2, 0.25) is 5.02 Å². The molecule has 42 heavy (non-hydrogen) atoms. The number of imidazole rings is 1. The second-order valence-electron chi connectivity index (χ2n) is 9.01. The van der Waals surface area contributed by atoms with Gasteiger partial charge in [0.1, 0.15) is 23.3 Å². The summed E-state index contributed by atoms with van der Waals surface area (Å²) >= 11 is 6.25. The second-order valence-corrected chi connectivity index (χ2v) is 9.45. The molecule has 2 aromatic carbocycles. The highest BCUT2D eigenvalue weighted by molar-refractivity contribution is 6.31. The number of aromatic nitrogens is 3. The quantitative estimate of drug-likeness (QED) is 0.254. The number of ether oxygens (including phenoxy) is 2. The van der Waals surface area contributed by atoms with Crippen molar-refractivity contribution in [3.05, 3.63) is 93.6 Å². The van der Waals surface area contributed by atoms with Gasteiger partial charge < -0.3 is 25.1 Å². The third kappa shape index (κ3) is 6.47. The molecule has 0 spiro atoms. The topological polar surface area (TPSA) is 130 Å². The van der Waals surface area contributed by atoms with E-state index in [2.05, 4.69) is 10.3 Å². The minimum atomic E-state index is -2.78. The third-order valence-electron chi connectivity index (χ3n) is 6.35. The highest BCUT2D eigenvalue weighted by Crippen LogP contribution is 2.36. The molecule has 3 N–H and O–H groups in total. The summed E-state index contributed by atoms with van der Waals surface area (Å²) in [6.07, 6.45) is 0.979. The minimum absolute atomic E-state index is 0.0358. The van der Waals surface area contributed by atoms with Crippen molar-refractivity contribution >= 4 is 29.1 Å². The first-order chi connectivity index (χ1) is 20.0. The number of nitrogens with two attached hydrogens (primary N) is 1. The van der Waals surface area contributed by atoms with Crippen LogP contribution in [0.4, 0.5) is 18.9 Å². The summed E-state index contributed by atoms with van der Waals surface area (Å²) in [6.45, 7) is 0.0924. The molecule has 0 aliphatic rings. The number of benzene rings is 2. The van der Waals surface area contributed by atoms with Gasteiger partial charge in [-0.3, -0.25) is 19.0 Å². The lowest BCUT2D eigenvalue weighted by molar-refractivity contribution is -0.119. The highest BCUT2D eigenvalue weighted by atomic mass is 35.5. The molecule has 14 heteroatoms. The van der Waals surface area contributed by atoms with Crippen molar-refractivity contribution in [2.75, 3.05) is 26.1 Å². The van der Waals surface area contributed by atoms with Crippen molar-refractivity contribution < 1.29 is 32.2 Å². The molecule has 0 radical (unpaired) electrons. The Morgan fingerprint density at radius 3 is 2.48 bits per heavy atom. The molecule has 10 nitrogen and oxygen atoms in total. The molecule has 0 saturated heterocycles. The fourth-order valence-electron chi connectivity index (χ4n) is 4.32. The van der Waals surface area contributed by atoms with Gasteiger partial charge >= 0.3 is 0 Å². The first-order valence-electron chi connectivity index (χ1n) is 12.4. The van der Waals surface area contributed by atoms with E-state index in [-0.39, 0.29) is 35.6 Å². The van der Waals surface area contributed by atoms with Gasteiger partial charge in [0.05, 0.1) is 30.9 Å². The standard InChI is InChI=1S/C28H25ClF3N5O5/c1-41-8-7-23(28(40)35-16-4-5-17(27(33)39)20(30)10-16)37-13-24(42-2)19(11-25(37)38)18-9-15(29)3-6-22(18)36-12-21(26(31)32)34-14-36/h3-6,9-14,23,26H,7-8H2,1-2H3,(H2,33,39)(H,35,40). The largest absolute Gasteiger partial charge is 0.495 e. The predicted molar refractivity (Wildman–Crippen MR) is 149 cm³/mol. The smallest absolute Gasteiger partial charge is 0.281 e. The summed E-state index contributed by atoms with van der Waals surface area (Å²) in [4.78, 5) is 41.9. The van der Waals surface area contributed by atoms with Crippen molar-refractivity contribution in [3.63, 3.8) is 0 Å². The number of methoxy groups -OCH3 is 2. The van der Waals surface area contributed by atoms with Crippen LogP contribution in [-0.2, 0) is 9.53 Å². The van der Waals surface area contributed by atoms with Crippen LogP contribution in [0.1, 0.15) is 34.9 Å². The van der Waals surface area contributed by atoms with Gasteiger partial charge in [0.25, 0.3) is 17.9 Å². The predicted octanol–water partition coefficient (Wildman–Crippen LogP) is 4.75. The first kappa shape index (κ1) is 30.3. The van der Waals surface area contributed by atoms with E-state index in [0.717, 1.165) is 22.9 Å². The fourth-order valence-corrected chi connectivity index (χ4v) is 4.49. The monoisotopic (exact) mass is 603 g/mol. The Labute approximate surface area is 242 Å². The van der Waals surface area contributed by atoms with E-state index in [1.165, 1.54) is 43.4 Å². The molecular weight excluding hydrogens is 579 g/mol. The maximum Gasteiger partial charge on any atom is 0.281 e. The SMILES string of the molecule is COCCC(C(=O)Nc1ccc(C(N)=O)c(F)c1)n1cc(OC)c(-c2cc(Cl)ccc2-n2cnc(C(F)F)c2)cc1=O. The third-order valence-corrected chi connectivity index (χ3v) is 6.59. The molecule has 1 unspecified atom stereocenters. The van der Waals surface area contributed by atoms with Crippen LogP contribution in [-0.4, -0.2) is 46.8 Å². The molecule has 0 bridgehead atoms. The Morgan fingerprint density at radius 1 is 1.10 bits per heavy atom. The minimum Gasteiger partial charge on any atom is -0.495 e. The molecule has 220 valence electrons. The number of primary amides is 1. The molecule has 0 fully saturated rings. The number of hydrogen-bond donors (Lipinski definition) is 2. The number of pyridine rings is 1. The summed E-state index contributed by atoms with van der Waals surface area (Å²) in [5.74, 6) is -2.39. The summed E-state index contributed by atoms with van der Waals surface area (Å²) in [5.41, 5.74) is 4.83. The second kappa shape index (κ2) is 12.9. The van der Waals surface area contributed by atoms with E-state index >= 15 is 0 Å². The Bertz CT molecular complexity index is 1690. The van der Waals surface area contributed by atoms with E-state index in [1.54, 1.807) is 18.2 Å². The zero-order valence-electron chi connectivity index (χ0n) is 22.3. The van der Waals surface area contributed by atoms with Gasteiger partial charge in [-0.05, 0) is 36.4 Å². The van der Waals surface area contributed by atoms with Crippen LogP contribution in [0.25, 0.3) is 16.8 Å². The van der Waals surface area contributed by atoms with Crippen molar-refractivity contribution in [3.8, 4) is 22.6 Å². The zero-order valence-corrected chi connectivity index (χ0v) is 23.1. The molecule has 0 aliphatic carbocycles. The van der Waals surface area contributed by atoms with Crippen molar-refractivity contribution in [2.45, 2.75) is 18.9 Å². The molecular formula is C28H25ClF3N5O5. The molecule has 2 amide bonds. The first-order valence-corrected chi connectivity index (χ1v) is 12.7. The van der Waals surface area contributed by atoms with Crippen LogP contribution < -0.4 is 21.3 Å². The zero-order chi connectivity index (χ0) is 30.6. The molecule has 0 saturated carbocycles. The van der Waals surface area contributed by atoms with Crippen LogP contribution in [0.5, 0.6) is 5.75 Å². The molecule has 2 heterocycles. The Hall–Kier alpha value is -4.62. The Balaban J connectivity index is 1.76.